The van der Waals surface area contributed by atoms with Gasteiger partial charge in [0.15, 0.2) is 0 Å². The summed E-state index contributed by atoms with van der Waals surface area (Å²) in [6.45, 7) is 1.73. The summed E-state index contributed by atoms with van der Waals surface area (Å²) in [5.41, 5.74) is 1.12. The average molecular weight is 376 g/mol. The van der Waals surface area contributed by atoms with Crippen LogP contribution in [0.5, 0.6) is 0 Å². The Bertz CT molecular complexity index is 632. The first kappa shape index (κ1) is 19.9. The summed E-state index contributed by atoms with van der Waals surface area (Å²) < 4.78 is 7.24. The van der Waals surface area contributed by atoms with Crippen LogP contribution >= 0.6 is 0 Å². The summed E-state index contributed by atoms with van der Waals surface area (Å²) in [5.74, 6) is 0.263. The van der Waals surface area contributed by atoms with Gasteiger partial charge in [0.1, 0.15) is 0 Å². The first-order valence-electron chi connectivity index (χ1n) is 10.3. The largest absolute Gasteiger partial charge is 0.383 e. The van der Waals surface area contributed by atoms with Crippen LogP contribution < -0.4 is 0 Å². The molecule has 2 amide bonds. The molecule has 3 rings (SSSR count). The molecule has 0 bridgehead atoms. The normalized spacial score (nSPS) is 17.7. The third-order valence-corrected chi connectivity index (χ3v) is 5.85. The van der Waals surface area contributed by atoms with Crippen molar-refractivity contribution in [3.8, 4) is 0 Å². The third-order valence-electron chi connectivity index (χ3n) is 5.85. The standard InChI is InChI=1S/C21H33N3O3/c1-22-12-6-9-19(22)15-24(18-10-11-18)20(25)16-23(13-14-27-2)21(26)17-7-4-3-5-8-17/h6,9,12,17-18H,3-5,7-8,10-11,13-16H2,1-2H3. The number of aryl methyl sites for hydroxylation is 1. The molecule has 1 aromatic rings. The second-order valence-electron chi connectivity index (χ2n) is 7.95. The number of carbonyl (C=O) groups is 2. The average Bonchev–Trinajstić information content (AvgIpc) is 3.45. The molecule has 0 saturated heterocycles. The maximum atomic E-state index is 13.1. The molecule has 0 radical (unpaired) electrons. The maximum absolute atomic E-state index is 13.1. The topological polar surface area (TPSA) is 54.8 Å². The SMILES string of the molecule is COCCN(CC(=O)N(Cc1cccn1C)C1CC1)C(=O)C1CCCCC1. The molecular weight excluding hydrogens is 342 g/mol. The zero-order chi connectivity index (χ0) is 19.2. The van der Waals surface area contributed by atoms with Gasteiger partial charge in [0.2, 0.25) is 11.8 Å². The van der Waals surface area contributed by atoms with Crippen LogP contribution in [0.3, 0.4) is 0 Å². The van der Waals surface area contributed by atoms with Crippen molar-refractivity contribution < 1.29 is 14.3 Å². The highest BCUT2D eigenvalue weighted by Crippen LogP contribution is 2.29. The molecule has 150 valence electrons. The Morgan fingerprint density at radius 2 is 1.93 bits per heavy atom. The highest BCUT2D eigenvalue weighted by Gasteiger charge is 2.35. The van der Waals surface area contributed by atoms with Gasteiger partial charge in [-0.2, -0.15) is 0 Å². The number of ether oxygens (including phenoxy) is 1. The molecule has 1 aromatic heterocycles. The monoisotopic (exact) mass is 375 g/mol. The Morgan fingerprint density at radius 1 is 1.19 bits per heavy atom. The van der Waals surface area contributed by atoms with Crippen LogP contribution in [0, 0.1) is 5.92 Å². The fourth-order valence-electron chi connectivity index (χ4n) is 3.97. The van der Waals surface area contributed by atoms with Crippen LogP contribution in [0.15, 0.2) is 18.3 Å². The smallest absolute Gasteiger partial charge is 0.242 e. The highest BCUT2D eigenvalue weighted by molar-refractivity contribution is 5.86. The van der Waals surface area contributed by atoms with Crippen molar-refractivity contribution in [2.45, 2.75) is 57.5 Å². The lowest BCUT2D eigenvalue weighted by atomic mass is 9.88. The van der Waals surface area contributed by atoms with E-state index in [0.717, 1.165) is 44.2 Å². The summed E-state index contributed by atoms with van der Waals surface area (Å²) in [4.78, 5) is 29.8. The Labute approximate surface area is 162 Å². The summed E-state index contributed by atoms with van der Waals surface area (Å²) >= 11 is 0. The summed E-state index contributed by atoms with van der Waals surface area (Å²) in [5, 5.41) is 0. The van der Waals surface area contributed by atoms with E-state index in [-0.39, 0.29) is 24.3 Å². The second-order valence-corrected chi connectivity index (χ2v) is 7.95. The molecule has 0 spiro atoms. The van der Waals surface area contributed by atoms with Gasteiger partial charge in [-0.15, -0.1) is 0 Å². The Morgan fingerprint density at radius 3 is 2.52 bits per heavy atom. The molecule has 0 aliphatic heterocycles. The predicted molar refractivity (Wildman–Crippen MR) is 104 cm³/mol. The minimum atomic E-state index is 0.0546. The van der Waals surface area contributed by atoms with Crippen LogP contribution in [0.4, 0.5) is 0 Å². The van der Waals surface area contributed by atoms with E-state index in [2.05, 4.69) is 10.6 Å². The number of aromatic nitrogens is 1. The van der Waals surface area contributed by atoms with E-state index < -0.39 is 0 Å². The van der Waals surface area contributed by atoms with Gasteiger partial charge in [0, 0.05) is 44.6 Å². The molecule has 6 heteroatoms. The molecule has 0 unspecified atom stereocenters. The number of amides is 2. The molecule has 0 atom stereocenters. The van der Waals surface area contributed by atoms with Crippen LogP contribution in [0.2, 0.25) is 0 Å². The molecular formula is C21H33N3O3. The van der Waals surface area contributed by atoms with Gasteiger partial charge in [-0.3, -0.25) is 9.59 Å². The van der Waals surface area contributed by atoms with E-state index in [4.69, 9.17) is 4.74 Å². The highest BCUT2D eigenvalue weighted by atomic mass is 16.5. The van der Waals surface area contributed by atoms with Crippen LogP contribution in [-0.2, 0) is 27.9 Å². The van der Waals surface area contributed by atoms with E-state index >= 15 is 0 Å². The number of hydrogen-bond acceptors (Lipinski definition) is 3. The number of methoxy groups -OCH3 is 1. The van der Waals surface area contributed by atoms with Crippen LogP contribution in [0.1, 0.15) is 50.6 Å². The fourth-order valence-corrected chi connectivity index (χ4v) is 3.97. The summed E-state index contributed by atoms with van der Waals surface area (Å²) in [6.07, 6.45) is 9.47. The molecule has 1 heterocycles. The molecule has 0 aromatic carbocycles. The Balaban J connectivity index is 1.65. The van der Waals surface area contributed by atoms with Gasteiger partial charge < -0.3 is 19.1 Å². The van der Waals surface area contributed by atoms with E-state index in [0.29, 0.717) is 25.7 Å². The van der Waals surface area contributed by atoms with Crippen molar-refractivity contribution in [2.24, 2.45) is 13.0 Å². The molecule has 27 heavy (non-hydrogen) atoms. The van der Waals surface area contributed by atoms with Crippen LogP contribution in [0.25, 0.3) is 0 Å². The summed E-state index contributed by atoms with van der Waals surface area (Å²) in [6, 6.07) is 4.38. The van der Waals surface area contributed by atoms with Gasteiger partial charge in [-0.25, -0.2) is 0 Å². The zero-order valence-corrected chi connectivity index (χ0v) is 16.7. The second kappa shape index (κ2) is 9.40. The van der Waals surface area contributed by atoms with Crippen molar-refractivity contribution in [2.75, 3.05) is 26.8 Å². The van der Waals surface area contributed by atoms with E-state index in [1.807, 2.05) is 24.2 Å². The zero-order valence-electron chi connectivity index (χ0n) is 16.7. The van der Waals surface area contributed by atoms with Gasteiger partial charge in [-0.05, 0) is 37.8 Å². The lowest BCUT2D eigenvalue weighted by molar-refractivity contribution is -0.144. The molecule has 2 fully saturated rings. The van der Waals surface area contributed by atoms with E-state index in [1.165, 1.54) is 6.42 Å². The molecule has 2 aliphatic carbocycles. The Kier molecular flexibility index (Phi) is 6.94. The van der Waals surface area contributed by atoms with Crippen molar-refractivity contribution in [1.29, 1.82) is 0 Å². The Hall–Kier alpha value is -1.82. The van der Waals surface area contributed by atoms with Gasteiger partial charge in [0.05, 0.1) is 19.7 Å². The first-order chi connectivity index (χ1) is 13.1. The van der Waals surface area contributed by atoms with Gasteiger partial charge >= 0.3 is 0 Å². The molecule has 0 N–H and O–H groups in total. The number of carbonyl (C=O) groups excluding carboxylic acids is 2. The predicted octanol–water partition coefficient (Wildman–Crippen LogP) is 2.57. The summed E-state index contributed by atoms with van der Waals surface area (Å²) in [7, 11) is 3.64. The van der Waals surface area contributed by atoms with Crippen molar-refractivity contribution in [3.05, 3.63) is 24.0 Å². The molecule has 6 nitrogen and oxygen atoms in total. The van der Waals surface area contributed by atoms with Crippen LogP contribution in [-0.4, -0.2) is 59.0 Å². The fraction of sp³-hybridized carbons (Fsp3) is 0.714. The van der Waals surface area contributed by atoms with Gasteiger partial charge in [0.25, 0.3) is 0 Å². The van der Waals surface area contributed by atoms with E-state index in [1.54, 1.807) is 12.0 Å². The first-order valence-corrected chi connectivity index (χ1v) is 10.3. The minimum Gasteiger partial charge on any atom is -0.383 e. The maximum Gasteiger partial charge on any atom is 0.242 e. The lowest BCUT2D eigenvalue weighted by Gasteiger charge is -2.31. The van der Waals surface area contributed by atoms with Crippen molar-refractivity contribution in [3.63, 3.8) is 0 Å². The van der Waals surface area contributed by atoms with E-state index in [9.17, 15) is 9.59 Å². The number of nitrogens with zero attached hydrogens (tertiary/aromatic N) is 3. The third kappa shape index (κ3) is 5.34. The number of rotatable bonds is 9. The van der Waals surface area contributed by atoms with Crippen molar-refractivity contribution in [1.82, 2.24) is 14.4 Å². The molecule has 2 saturated carbocycles. The minimum absolute atomic E-state index is 0.0546. The molecule has 2 aliphatic rings. The van der Waals surface area contributed by atoms with Crippen molar-refractivity contribution >= 4 is 11.8 Å². The lowest BCUT2D eigenvalue weighted by Crippen LogP contribution is -2.47. The quantitative estimate of drug-likeness (QED) is 0.667. The van der Waals surface area contributed by atoms with Gasteiger partial charge in [-0.1, -0.05) is 19.3 Å². The number of hydrogen-bond donors (Lipinski definition) is 0.